The van der Waals surface area contributed by atoms with Crippen LogP contribution in [0.1, 0.15) is 52.9 Å². The zero-order valence-electron chi connectivity index (χ0n) is 10.2. The predicted octanol–water partition coefficient (Wildman–Crippen LogP) is 4.65. The van der Waals surface area contributed by atoms with Crippen LogP contribution in [0.5, 0.6) is 0 Å². The molecular formula is C11H25OPS2. The fourth-order valence-electron chi connectivity index (χ4n) is 1.45. The Morgan fingerprint density at radius 1 is 1.27 bits per heavy atom. The molecule has 2 unspecified atom stereocenters. The first kappa shape index (κ1) is 16.0. The van der Waals surface area contributed by atoms with E-state index in [1.807, 2.05) is 0 Å². The Labute approximate surface area is 104 Å². The van der Waals surface area contributed by atoms with Crippen LogP contribution in [0.4, 0.5) is 0 Å². The summed E-state index contributed by atoms with van der Waals surface area (Å²) in [5.74, 6) is 1.73. The number of hydrogen-bond acceptors (Lipinski definition) is 2. The lowest BCUT2D eigenvalue weighted by molar-refractivity contribution is 0.585. The molecule has 0 aromatic rings. The van der Waals surface area contributed by atoms with Crippen molar-refractivity contribution in [1.29, 1.82) is 0 Å². The average Bonchev–Trinajstić information content (AvgIpc) is 2.16. The van der Waals surface area contributed by atoms with Crippen LogP contribution in [0.25, 0.3) is 0 Å². The quantitative estimate of drug-likeness (QED) is 0.485. The van der Waals surface area contributed by atoms with Gasteiger partial charge in [-0.2, -0.15) is 0 Å². The van der Waals surface area contributed by atoms with Crippen molar-refractivity contribution in [2.45, 2.75) is 52.9 Å². The Morgan fingerprint density at radius 2 is 1.93 bits per heavy atom. The molecule has 0 radical (unpaired) electrons. The van der Waals surface area contributed by atoms with E-state index < -0.39 is 5.47 Å². The van der Waals surface area contributed by atoms with Crippen molar-refractivity contribution in [3.05, 3.63) is 0 Å². The Morgan fingerprint density at radius 3 is 2.47 bits per heavy atom. The van der Waals surface area contributed by atoms with Crippen LogP contribution >= 0.6 is 16.8 Å². The van der Waals surface area contributed by atoms with E-state index in [0.717, 1.165) is 18.3 Å². The summed E-state index contributed by atoms with van der Waals surface area (Å²) < 4.78 is 0. The minimum absolute atomic E-state index is 0.695. The molecule has 0 spiro atoms. The molecule has 1 nitrogen and oxygen atoms in total. The van der Waals surface area contributed by atoms with Gasteiger partial charge in [-0.15, -0.1) is 0 Å². The van der Waals surface area contributed by atoms with E-state index in [9.17, 15) is 4.89 Å². The topological polar surface area (TPSA) is 20.2 Å². The van der Waals surface area contributed by atoms with Crippen molar-refractivity contribution in [3.63, 3.8) is 0 Å². The summed E-state index contributed by atoms with van der Waals surface area (Å²) in [5.41, 5.74) is -2.05. The largest absolute Gasteiger partial charge is 0.357 e. The van der Waals surface area contributed by atoms with Crippen LogP contribution in [0, 0.1) is 5.92 Å². The highest BCUT2D eigenvalue weighted by atomic mass is 32.9. The molecule has 0 fully saturated rings. The Hall–Kier alpha value is 0.960. The first-order valence-corrected chi connectivity index (χ1v) is 10.5. The van der Waals surface area contributed by atoms with Gasteiger partial charge >= 0.3 is 0 Å². The van der Waals surface area contributed by atoms with Gasteiger partial charge in [0, 0.05) is 11.9 Å². The van der Waals surface area contributed by atoms with Crippen molar-refractivity contribution in [1.82, 2.24) is 0 Å². The summed E-state index contributed by atoms with van der Waals surface area (Å²) in [5, 5.41) is 0. The van der Waals surface area contributed by atoms with Crippen LogP contribution in [0.2, 0.25) is 0 Å². The van der Waals surface area contributed by atoms with Gasteiger partial charge in [-0.25, -0.2) is 0 Å². The van der Waals surface area contributed by atoms with E-state index in [1.165, 1.54) is 25.7 Å². The van der Waals surface area contributed by atoms with Crippen LogP contribution in [-0.2, 0) is 11.8 Å². The van der Waals surface area contributed by atoms with Crippen molar-refractivity contribution in [2.75, 3.05) is 11.9 Å². The SMILES string of the molecule is CCCCCP(O)(=S)SCC(C)CCC. The smallest absolute Gasteiger partial charge is 0.116 e. The molecule has 0 aliphatic rings. The maximum absolute atomic E-state index is 10.0. The number of unbranched alkanes of at least 4 members (excludes halogenated alkanes) is 2. The third-order valence-electron chi connectivity index (χ3n) is 2.39. The highest BCUT2D eigenvalue weighted by Crippen LogP contribution is 2.56. The molecule has 15 heavy (non-hydrogen) atoms. The van der Waals surface area contributed by atoms with Crippen molar-refractivity contribution in [2.24, 2.45) is 5.92 Å². The van der Waals surface area contributed by atoms with Gasteiger partial charge in [-0.05, 0) is 12.3 Å². The number of rotatable bonds is 9. The monoisotopic (exact) mass is 268 g/mol. The van der Waals surface area contributed by atoms with Gasteiger partial charge < -0.3 is 4.89 Å². The summed E-state index contributed by atoms with van der Waals surface area (Å²) in [4.78, 5) is 10.0. The Kier molecular flexibility index (Phi) is 9.62. The minimum atomic E-state index is -2.05. The fourth-order valence-corrected chi connectivity index (χ4v) is 6.02. The lowest BCUT2D eigenvalue weighted by atomic mass is 10.1. The van der Waals surface area contributed by atoms with Gasteiger partial charge in [-0.3, -0.25) is 0 Å². The van der Waals surface area contributed by atoms with Crippen LogP contribution in [-0.4, -0.2) is 16.8 Å². The highest BCUT2D eigenvalue weighted by Gasteiger charge is 2.14. The normalized spacial score (nSPS) is 17.3. The highest BCUT2D eigenvalue weighted by molar-refractivity contribution is 8.69. The van der Waals surface area contributed by atoms with Gasteiger partial charge in [0.05, 0.1) is 0 Å². The summed E-state index contributed by atoms with van der Waals surface area (Å²) in [7, 11) is 0. The van der Waals surface area contributed by atoms with Gasteiger partial charge in [0.15, 0.2) is 0 Å². The van der Waals surface area contributed by atoms with Crippen LogP contribution < -0.4 is 0 Å². The number of hydrogen-bond donors (Lipinski definition) is 1. The zero-order valence-corrected chi connectivity index (χ0v) is 12.8. The fraction of sp³-hybridized carbons (Fsp3) is 1.00. The van der Waals surface area contributed by atoms with Gasteiger partial charge in [-0.1, -0.05) is 69.6 Å². The molecule has 0 bridgehead atoms. The second kappa shape index (κ2) is 9.04. The van der Waals surface area contributed by atoms with E-state index in [4.69, 9.17) is 11.8 Å². The minimum Gasteiger partial charge on any atom is -0.357 e. The molecular weight excluding hydrogens is 243 g/mol. The van der Waals surface area contributed by atoms with E-state index in [-0.39, 0.29) is 0 Å². The second-order valence-corrected chi connectivity index (χ2v) is 11.7. The van der Waals surface area contributed by atoms with Crippen molar-refractivity contribution in [3.8, 4) is 0 Å². The maximum atomic E-state index is 10.0. The Balaban J connectivity index is 3.68. The molecule has 0 amide bonds. The lowest BCUT2D eigenvalue weighted by Crippen LogP contribution is -1.98. The molecule has 0 aliphatic heterocycles. The average molecular weight is 268 g/mol. The third kappa shape index (κ3) is 9.86. The molecule has 2 atom stereocenters. The van der Waals surface area contributed by atoms with E-state index in [1.54, 1.807) is 11.4 Å². The first-order chi connectivity index (χ1) is 7.02. The van der Waals surface area contributed by atoms with Crippen molar-refractivity contribution < 1.29 is 4.89 Å². The first-order valence-electron chi connectivity index (χ1n) is 5.98. The molecule has 0 heterocycles. The van der Waals surface area contributed by atoms with Crippen LogP contribution in [0.3, 0.4) is 0 Å². The summed E-state index contributed by atoms with van der Waals surface area (Å²) >= 11 is 6.95. The summed E-state index contributed by atoms with van der Waals surface area (Å²) in [6.07, 6.45) is 6.83. The van der Waals surface area contributed by atoms with Crippen LogP contribution in [0.15, 0.2) is 0 Å². The van der Waals surface area contributed by atoms with E-state index in [2.05, 4.69) is 20.8 Å². The lowest BCUT2D eigenvalue weighted by Gasteiger charge is -2.17. The molecule has 0 rings (SSSR count). The van der Waals surface area contributed by atoms with Gasteiger partial charge in [0.1, 0.15) is 5.47 Å². The van der Waals surface area contributed by atoms with Gasteiger partial charge in [0.2, 0.25) is 0 Å². The molecule has 0 saturated heterocycles. The molecule has 92 valence electrons. The van der Waals surface area contributed by atoms with Crippen molar-refractivity contribution >= 4 is 28.7 Å². The zero-order chi connectivity index (χ0) is 11.7. The molecule has 0 aliphatic carbocycles. The molecule has 0 aromatic carbocycles. The third-order valence-corrected chi connectivity index (χ3v) is 8.09. The Bertz CT molecular complexity index is 197. The molecule has 0 saturated carbocycles. The van der Waals surface area contributed by atoms with Gasteiger partial charge in [0.25, 0.3) is 0 Å². The summed E-state index contributed by atoms with van der Waals surface area (Å²) in [6.45, 7) is 6.63. The maximum Gasteiger partial charge on any atom is 0.116 e. The van der Waals surface area contributed by atoms with E-state index in [0.29, 0.717) is 5.92 Å². The predicted molar refractivity (Wildman–Crippen MR) is 77.4 cm³/mol. The molecule has 1 N–H and O–H groups in total. The van der Waals surface area contributed by atoms with E-state index >= 15 is 0 Å². The standard InChI is InChI=1S/C11H25OPS2/c1-4-6-7-9-13(12,14)15-10-11(3)8-5-2/h11H,4-10H2,1-3H3,(H,12,14). The molecule has 0 aromatic heterocycles. The summed E-state index contributed by atoms with van der Waals surface area (Å²) in [6, 6.07) is 0. The second-order valence-electron chi connectivity index (χ2n) is 4.26. The molecule has 4 heteroatoms.